The van der Waals surface area contributed by atoms with Crippen LogP contribution in [0.2, 0.25) is 0 Å². The SMILES string of the molecule is O=C1C=CC2=NC34c5ccccc5CCC3CC3=C(c5ccccc5CC3)N4C2=C1. The van der Waals surface area contributed by atoms with Gasteiger partial charge in [0.05, 0.1) is 17.1 Å². The average Bonchev–Trinajstić information content (AvgIpc) is 3.12. The molecule has 0 aromatic heterocycles. The fourth-order valence-electron chi connectivity index (χ4n) is 6.37. The number of nitrogens with zero attached hydrogens (tertiary/aromatic N) is 2. The molecule has 0 radical (unpaired) electrons. The van der Waals surface area contributed by atoms with Crippen LogP contribution in [0.25, 0.3) is 5.70 Å². The van der Waals surface area contributed by atoms with Gasteiger partial charge in [-0.3, -0.25) is 4.79 Å². The molecule has 7 rings (SSSR count). The minimum atomic E-state index is -0.436. The van der Waals surface area contributed by atoms with Gasteiger partial charge >= 0.3 is 0 Å². The van der Waals surface area contributed by atoms with E-state index in [1.54, 1.807) is 12.2 Å². The first kappa shape index (κ1) is 16.6. The average molecular weight is 390 g/mol. The Kier molecular flexibility index (Phi) is 3.15. The highest BCUT2D eigenvalue weighted by atomic mass is 16.1. The third kappa shape index (κ3) is 1.95. The maximum absolute atomic E-state index is 12.4. The Labute approximate surface area is 176 Å². The zero-order valence-electron chi connectivity index (χ0n) is 16.8. The number of hydrogen-bond donors (Lipinski definition) is 0. The van der Waals surface area contributed by atoms with Gasteiger partial charge in [-0.1, -0.05) is 48.5 Å². The quantitative estimate of drug-likeness (QED) is 0.597. The van der Waals surface area contributed by atoms with Crippen LogP contribution < -0.4 is 0 Å². The van der Waals surface area contributed by atoms with Gasteiger partial charge in [0.15, 0.2) is 11.4 Å². The van der Waals surface area contributed by atoms with Gasteiger partial charge in [-0.25, -0.2) is 4.99 Å². The van der Waals surface area contributed by atoms with Crippen LogP contribution >= 0.6 is 0 Å². The van der Waals surface area contributed by atoms with Crippen molar-refractivity contribution < 1.29 is 4.79 Å². The molecule has 2 atom stereocenters. The molecule has 5 aliphatic rings. The summed E-state index contributed by atoms with van der Waals surface area (Å²) < 4.78 is 0. The summed E-state index contributed by atoms with van der Waals surface area (Å²) >= 11 is 0. The number of aliphatic imine (C=N–C) groups is 1. The molecule has 2 aromatic rings. The molecule has 1 spiro atoms. The van der Waals surface area contributed by atoms with Gasteiger partial charge in [0.1, 0.15) is 0 Å². The molecule has 0 fully saturated rings. The Morgan fingerprint density at radius 2 is 1.77 bits per heavy atom. The van der Waals surface area contributed by atoms with Crippen molar-refractivity contribution in [3.8, 4) is 0 Å². The highest BCUT2D eigenvalue weighted by Crippen LogP contribution is 2.60. The zero-order valence-corrected chi connectivity index (χ0v) is 16.8. The van der Waals surface area contributed by atoms with Crippen molar-refractivity contribution in [3.63, 3.8) is 0 Å². The number of ketones is 1. The predicted octanol–water partition coefficient (Wildman–Crippen LogP) is 4.94. The van der Waals surface area contributed by atoms with E-state index in [2.05, 4.69) is 53.4 Å². The molecule has 3 heteroatoms. The normalized spacial score (nSPS) is 27.9. The van der Waals surface area contributed by atoms with Crippen LogP contribution in [0.4, 0.5) is 0 Å². The molecular formula is C27H22N2O. The van der Waals surface area contributed by atoms with Gasteiger partial charge < -0.3 is 4.90 Å². The van der Waals surface area contributed by atoms with Gasteiger partial charge in [-0.15, -0.1) is 0 Å². The summed E-state index contributed by atoms with van der Waals surface area (Å²) in [5, 5.41) is 0. The molecule has 3 nitrogen and oxygen atoms in total. The van der Waals surface area contributed by atoms with Crippen molar-refractivity contribution in [3.05, 3.63) is 100 Å². The van der Waals surface area contributed by atoms with Crippen molar-refractivity contribution in [1.29, 1.82) is 0 Å². The Morgan fingerprint density at radius 1 is 0.933 bits per heavy atom. The lowest BCUT2D eigenvalue weighted by Gasteiger charge is -2.53. The van der Waals surface area contributed by atoms with E-state index in [0.29, 0.717) is 5.92 Å². The maximum Gasteiger partial charge on any atom is 0.180 e. The minimum absolute atomic E-state index is 0.0541. The molecule has 0 saturated heterocycles. The molecule has 0 amide bonds. The van der Waals surface area contributed by atoms with E-state index < -0.39 is 5.66 Å². The highest BCUT2D eigenvalue weighted by molar-refractivity contribution is 6.21. The summed E-state index contributed by atoms with van der Waals surface area (Å²) in [6, 6.07) is 17.6. The Balaban J connectivity index is 1.57. The smallest absolute Gasteiger partial charge is 0.180 e. The summed E-state index contributed by atoms with van der Waals surface area (Å²) in [7, 11) is 0. The van der Waals surface area contributed by atoms with Gasteiger partial charge in [0, 0.05) is 23.1 Å². The summed E-state index contributed by atoms with van der Waals surface area (Å²) in [4.78, 5) is 20.3. The van der Waals surface area contributed by atoms with Gasteiger partial charge in [0.25, 0.3) is 0 Å². The summed E-state index contributed by atoms with van der Waals surface area (Å²) in [6.07, 6.45) is 10.9. The first-order valence-corrected chi connectivity index (χ1v) is 11.0. The second kappa shape index (κ2) is 5.69. The molecule has 2 unspecified atom stereocenters. The monoisotopic (exact) mass is 390 g/mol. The third-order valence-corrected chi connectivity index (χ3v) is 7.58. The maximum atomic E-state index is 12.4. The van der Waals surface area contributed by atoms with Crippen LogP contribution in [0.3, 0.4) is 0 Å². The van der Waals surface area contributed by atoms with Crippen LogP contribution in [0.1, 0.15) is 41.5 Å². The number of benzene rings is 2. The molecule has 2 aromatic carbocycles. The van der Waals surface area contributed by atoms with Crippen LogP contribution in [-0.4, -0.2) is 16.4 Å². The lowest BCUT2D eigenvalue weighted by molar-refractivity contribution is -0.110. The number of allylic oxidation sites excluding steroid dienone is 4. The minimum Gasteiger partial charge on any atom is -0.309 e. The summed E-state index contributed by atoms with van der Waals surface area (Å²) in [5.41, 5.74) is 9.77. The lowest BCUT2D eigenvalue weighted by atomic mass is 9.67. The second-order valence-corrected chi connectivity index (χ2v) is 9.03. The van der Waals surface area contributed by atoms with Gasteiger partial charge in [-0.2, -0.15) is 0 Å². The summed E-state index contributed by atoms with van der Waals surface area (Å²) in [5.74, 6) is 0.484. The standard InChI is InChI=1S/C27H22N2O/c30-21-13-14-24-25(16-21)29-26-19(10-9-17-5-1-3-7-22(17)26)15-20-12-11-18-6-2-4-8-23(18)27(20,29)28-24/h1-8,13-14,16,20H,9-12,15H2. The van der Waals surface area contributed by atoms with Crippen LogP contribution in [0.5, 0.6) is 0 Å². The van der Waals surface area contributed by atoms with E-state index in [9.17, 15) is 4.79 Å². The molecule has 2 aliphatic heterocycles. The molecule has 0 saturated carbocycles. The highest BCUT2D eigenvalue weighted by Gasteiger charge is 2.58. The van der Waals surface area contributed by atoms with E-state index in [1.807, 2.05) is 6.08 Å². The van der Waals surface area contributed by atoms with E-state index in [0.717, 1.165) is 43.5 Å². The number of carbonyl (C=O) groups is 1. The molecule has 30 heavy (non-hydrogen) atoms. The van der Waals surface area contributed by atoms with Gasteiger partial charge in [0.2, 0.25) is 0 Å². The van der Waals surface area contributed by atoms with Crippen LogP contribution in [-0.2, 0) is 23.3 Å². The van der Waals surface area contributed by atoms with Gasteiger partial charge in [-0.05, 0) is 61.0 Å². The molecule has 2 heterocycles. The molecule has 0 N–H and O–H groups in total. The number of fused-ring (bicyclic) bond motifs is 6. The Hall–Kier alpha value is -3.20. The second-order valence-electron chi connectivity index (χ2n) is 9.03. The molecule has 146 valence electrons. The van der Waals surface area contributed by atoms with E-state index in [1.165, 1.54) is 33.5 Å². The molecule has 0 bridgehead atoms. The van der Waals surface area contributed by atoms with E-state index >= 15 is 0 Å². The Morgan fingerprint density at radius 3 is 2.70 bits per heavy atom. The van der Waals surface area contributed by atoms with Crippen molar-refractivity contribution in [2.45, 2.75) is 37.8 Å². The van der Waals surface area contributed by atoms with Crippen molar-refractivity contribution in [2.75, 3.05) is 0 Å². The number of carbonyl (C=O) groups excluding carboxylic acids is 1. The lowest BCUT2D eigenvalue weighted by Crippen LogP contribution is -2.51. The number of rotatable bonds is 0. The van der Waals surface area contributed by atoms with Crippen molar-refractivity contribution >= 4 is 17.2 Å². The first-order chi connectivity index (χ1) is 14.8. The van der Waals surface area contributed by atoms with E-state index in [-0.39, 0.29) is 5.78 Å². The van der Waals surface area contributed by atoms with Crippen LogP contribution in [0.15, 0.2) is 83.0 Å². The van der Waals surface area contributed by atoms with E-state index in [4.69, 9.17) is 4.99 Å². The topological polar surface area (TPSA) is 32.7 Å². The largest absolute Gasteiger partial charge is 0.309 e. The van der Waals surface area contributed by atoms with Crippen molar-refractivity contribution in [2.24, 2.45) is 10.9 Å². The number of aryl methyl sites for hydroxylation is 2. The fraction of sp³-hybridized carbons (Fsp3) is 0.259. The third-order valence-electron chi connectivity index (χ3n) is 7.58. The predicted molar refractivity (Wildman–Crippen MR) is 118 cm³/mol. The zero-order chi connectivity index (χ0) is 19.9. The van der Waals surface area contributed by atoms with Crippen LogP contribution in [0, 0.1) is 5.92 Å². The molecule has 3 aliphatic carbocycles. The summed E-state index contributed by atoms with van der Waals surface area (Å²) in [6.45, 7) is 0. The fourth-order valence-corrected chi connectivity index (χ4v) is 6.37. The number of hydrogen-bond acceptors (Lipinski definition) is 3. The van der Waals surface area contributed by atoms with Crippen molar-refractivity contribution in [1.82, 2.24) is 4.90 Å². The first-order valence-electron chi connectivity index (χ1n) is 11.0. The Bertz CT molecular complexity index is 1260. The molecular weight excluding hydrogens is 368 g/mol.